The molecule has 1 heteroatoms. The van der Waals surface area contributed by atoms with Gasteiger partial charge < -0.3 is 4.90 Å². The number of anilines is 2. The first-order valence-electron chi connectivity index (χ1n) is 19.6. The van der Waals surface area contributed by atoms with Crippen molar-refractivity contribution < 1.29 is 0 Å². The third kappa shape index (κ3) is 5.30. The van der Waals surface area contributed by atoms with E-state index < -0.39 is 0 Å². The lowest BCUT2D eigenvalue weighted by Crippen LogP contribution is -2.18. The van der Waals surface area contributed by atoms with Gasteiger partial charge in [-0.2, -0.15) is 0 Å². The van der Waals surface area contributed by atoms with Crippen LogP contribution >= 0.6 is 0 Å². The smallest absolute Gasteiger partial charge is 0.0615 e. The Balaban J connectivity index is 1.09. The molecule has 1 nitrogen and oxygen atoms in total. The predicted octanol–water partition coefficient (Wildman–Crippen LogP) is 15.0. The van der Waals surface area contributed by atoms with E-state index >= 15 is 0 Å². The zero-order valence-electron chi connectivity index (χ0n) is 30.7. The molecule has 0 spiro atoms. The number of allylic oxidation sites excluding steroid dienone is 5. The number of aryl methyl sites for hydroxylation is 1. The molecule has 0 saturated heterocycles. The Labute approximate surface area is 321 Å². The monoisotopic (exact) mass is 701 g/mol. The maximum Gasteiger partial charge on any atom is 0.0615 e. The topological polar surface area (TPSA) is 3.24 Å². The van der Waals surface area contributed by atoms with Crippen molar-refractivity contribution in [3.05, 3.63) is 204 Å². The lowest BCUT2D eigenvalue weighted by atomic mass is 9.86. The summed E-state index contributed by atoms with van der Waals surface area (Å²) in [7, 11) is 0. The molecular weight excluding hydrogens is 663 g/mol. The third-order valence-electron chi connectivity index (χ3n) is 12.0. The molecule has 9 aromatic rings. The Morgan fingerprint density at radius 3 is 1.65 bits per heavy atom. The Kier molecular flexibility index (Phi) is 7.52. The molecule has 0 aliphatic heterocycles. The van der Waals surface area contributed by atoms with E-state index in [1.54, 1.807) is 0 Å². The average molecular weight is 702 g/mol. The average Bonchev–Trinajstić information content (AvgIpc) is 3.26. The molecule has 0 aromatic heterocycles. The van der Waals surface area contributed by atoms with Crippen LogP contribution in [0.15, 0.2) is 188 Å². The maximum atomic E-state index is 2.55. The summed E-state index contributed by atoms with van der Waals surface area (Å²) in [6.07, 6.45) is 13.5. The van der Waals surface area contributed by atoms with Gasteiger partial charge >= 0.3 is 0 Å². The van der Waals surface area contributed by atoms with Crippen LogP contribution in [0.2, 0.25) is 0 Å². The normalized spacial score (nSPS) is 14.0. The Morgan fingerprint density at radius 2 is 0.982 bits per heavy atom. The predicted molar refractivity (Wildman–Crippen MR) is 237 cm³/mol. The van der Waals surface area contributed by atoms with Crippen molar-refractivity contribution in [3.63, 3.8) is 0 Å². The quantitative estimate of drug-likeness (QED) is 0.128. The minimum absolute atomic E-state index is 0.926. The Bertz CT molecular complexity index is 3030. The molecule has 2 aliphatic rings. The molecular formula is C54H39N. The Morgan fingerprint density at radius 1 is 0.418 bits per heavy atom. The van der Waals surface area contributed by atoms with Gasteiger partial charge in [-0.3, -0.25) is 0 Å². The van der Waals surface area contributed by atoms with E-state index in [0.717, 1.165) is 25.7 Å². The molecule has 0 saturated carbocycles. The van der Waals surface area contributed by atoms with Crippen molar-refractivity contribution in [2.45, 2.75) is 25.7 Å². The highest BCUT2D eigenvalue weighted by atomic mass is 15.2. The number of hydrogen-bond donors (Lipinski definition) is 0. The van der Waals surface area contributed by atoms with Gasteiger partial charge in [0.15, 0.2) is 0 Å². The van der Waals surface area contributed by atoms with Crippen molar-refractivity contribution in [1.29, 1.82) is 0 Å². The largest absolute Gasteiger partial charge is 0.313 e. The van der Waals surface area contributed by atoms with E-state index in [1.807, 2.05) is 0 Å². The molecule has 2 aliphatic carbocycles. The highest BCUT2D eigenvalue weighted by molar-refractivity contribution is 6.14. The third-order valence-corrected chi connectivity index (χ3v) is 12.0. The van der Waals surface area contributed by atoms with Crippen molar-refractivity contribution >= 4 is 76.9 Å². The van der Waals surface area contributed by atoms with Gasteiger partial charge in [-0.25, -0.2) is 0 Å². The minimum Gasteiger partial charge on any atom is -0.313 e. The van der Waals surface area contributed by atoms with Gasteiger partial charge in [-0.1, -0.05) is 152 Å². The summed E-state index contributed by atoms with van der Waals surface area (Å²) in [5.41, 5.74) is 11.8. The fraction of sp³-hybridized carbons (Fsp3) is 0.0741. The van der Waals surface area contributed by atoms with Crippen LogP contribution in [-0.2, 0) is 6.42 Å². The van der Waals surface area contributed by atoms with Gasteiger partial charge in [0.1, 0.15) is 0 Å². The van der Waals surface area contributed by atoms with E-state index in [0.29, 0.717) is 0 Å². The van der Waals surface area contributed by atoms with Crippen molar-refractivity contribution in [2.75, 3.05) is 4.90 Å². The second-order valence-electron chi connectivity index (χ2n) is 15.1. The zero-order valence-corrected chi connectivity index (χ0v) is 30.7. The fourth-order valence-electron chi connectivity index (χ4n) is 9.38. The molecule has 0 heterocycles. The summed E-state index contributed by atoms with van der Waals surface area (Å²) in [5, 5.41) is 13.0. The molecule has 0 radical (unpaired) electrons. The number of rotatable bonds is 5. The van der Waals surface area contributed by atoms with Crippen LogP contribution < -0.4 is 4.90 Å². The van der Waals surface area contributed by atoms with Crippen molar-refractivity contribution in [3.8, 4) is 11.1 Å². The maximum absolute atomic E-state index is 2.55. The highest BCUT2D eigenvalue weighted by Gasteiger charge is 2.24. The molecule has 260 valence electrons. The van der Waals surface area contributed by atoms with Gasteiger partial charge in [0, 0.05) is 22.2 Å². The van der Waals surface area contributed by atoms with Gasteiger partial charge in [-0.15, -0.1) is 0 Å². The van der Waals surface area contributed by atoms with Crippen LogP contribution in [0, 0.1) is 0 Å². The lowest BCUT2D eigenvalue weighted by molar-refractivity contribution is 0.934. The van der Waals surface area contributed by atoms with E-state index in [9.17, 15) is 0 Å². The van der Waals surface area contributed by atoms with Crippen LogP contribution in [0.3, 0.4) is 0 Å². The van der Waals surface area contributed by atoms with Crippen LogP contribution in [0.1, 0.15) is 36.0 Å². The highest BCUT2D eigenvalue weighted by Crippen LogP contribution is 2.45. The van der Waals surface area contributed by atoms with Crippen LogP contribution in [0.25, 0.3) is 76.6 Å². The molecule has 0 amide bonds. The first kappa shape index (κ1) is 31.8. The van der Waals surface area contributed by atoms with Gasteiger partial charge in [0.05, 0.1) is 5.69 Å². The van der Waals surface area contributed by atoms with E-state index in [-0.39, 0.29) is 0 Å². The lowest BCUT2D eigenvalue weighted by Gasteiger charge is -2.32. The molecule has 11 rings (SSSR count). The van der Waals surface area contributed by atoms with Gasteiger partial charge in [-0.05, 0) is 139 Å². The van der Waals surface area contributed by atoms with Crippen LogP contribution in [0.4, 0.5) is 11.4 Å². The van der Waals surface area contributed by atoms with E-state index in [2.05, 4.69) is 193 Å². The van der Waals surface area contributed by atoms with Crippen molar-refractivity contribution in [2.24, 2.45) is 0 Å². The number of hydrogen-bond acceptors (Lipinski definition) is 1. The number of fused-ring (bicyclic) bond motifs is 8. The molecule has 0 atom stereocenters. The first-order chi connectivity index (χ1) is 27.3. The Hall–Kier alpha value is -6.70. The first-order valence-corrected chi connectivity index (χ1v) is 19.6. The van der Waals surface area contributed by atoms with Crippen molar-refractivity contribution in [1.82, 2.24) is 0 Å². The molecule has 55 heavy (non-hydrogen) atoms. The number of nitrogens with zero attached hydrogens (tertiary/aromatic N) is 1. The van der Waals surface area contributed by atoms with E-state index in [1.165, 1.54) is 104 Å². The standard InChI is InChI=1S/C54H39N/c1-5-17-44-40(15-1)34-52(50-23-11-9-21-48(44)50)36-25-29-42(30-26-36)55(54-46-19-7-3-13-38(46)33-39-14-4-8-20-47(39)54)43-31-27-37(28-32-43)53-35-41-16-2-6-18-45(41)49-22-10-12-24-51(49)53/h1-9,11-21,23-25,27-29,31-35H,10,22,26,30H2. The summed E-state index contributed by atoms with van der Waals surface area (Å²) < 4.78 is 0. The second-order valence-corrected chi connectivity index (χ2v) is 15.1. The fourth-order valence-corrected chi connectivity index (χ4v) is 9.38. The molecule has 0 N–H and O–H groups in total. The summed E-state index contributed by atoms with van der Waals surface area (Å²) in [5.74, 6) is 0. The second kappa shape index (κ2) is 13.0. The zero-order chi connectivity index (χ0) is 36.3. The summed E-state index contributed by atoms with van der Waals surface area (Å²) in [6, 6.07) is 60.8. The minimum atomic E-state index is 0.926. The summed E-state index contributed by atoms with van der Waals surface area (Å²) >= 11 is 0. The van der Waals surface area contributed by atoms with Crippen LogP contribution in [-0.4, -0.2) is 0 Å². The SMILES string of the molecule is C1=Cc2c(-c3ccc(N(C4=CC=C(c5cc6ccccc6c6ccccc56)CC4)c4c5ccccc5cc5ccccc45)cc3)cc3ccccc3c2CC1. The van der Waals surface area contributed by atoms with Gasteiger partial charge in [0.25, 0.3) is 0 Å². The molecule has 9 aromatic carbocycles. The summed E-state index contributed by atoms with van der Waals surface area (Å²) in [6.45, 7) is 0. The number of benzene rings is 9. The van der Waals surface area contributed by atoms with Gasteiger partial charge in [0.2, 0.25) is 0 Å². The molecule has 0 fully saturated rings. The molecule has 0 bridgehead atoms. The van der Waals surface area contributed by atoms with Crippen LogP contribution in [0.5, 0.6) is 0 Å². The van der Waals surface area contributed by atoms with E-state index in [4.69, 9.17) is 0 Å². The summed E-state index contributed by atoms with van der Waals surface area (Å²) in [4.78, 5) is 2.55. The molecule has 0 unspecified atom stereocenters.